The minimum Gasteiger partial charge on any atom is -0.477 e. The molecule has 1 N–H and O–H groups in total. The second-order valence-electron chi connectivity index (χ2n) is 6.49. The molecule has 0 bridgehead atoms. The number of hydrogen-bond donors (Lipinski definition) is 1. The highest BCUT2D eigenvalue weighted by Crippen LogP contribution is 2.32. The van der Waals surface area contributed by atoms with Crippen LogP contribution in [0.25, 0.3) is 0 Å². The van der Waals surface area contributed by atoms with E-state index in [1.54, 1.807) is 0 Å². The minimum absolute atomic E-state index is 0.193. The van der Waals surface area contributed by atoms with Crippen molar-refractivity contribution in [2.24, 2.45) is 0 Å². The van der Waals surface area contributed by atoms with Crippen LogP contribution in [0.15, 0.2) is 41.3 Å². The Labute approximate surface area is 182 Å². The molecule has 3 rings (SSSR count). The van der Waals surface area contributed by atoms with Crippen LogP contribution in [0.2, 0.25) is 10.0 Å². The SMILES string of the molecule is O=C(COc1ccc(S(=O)(=O)N2CCCC2)cc1[N+](=O)[O-])Nc1cc(Cl)cc(Cl)c1. The lowest BCUT2D eigenvalue weighted by molar-refractivity contribution is -0.386. The zero-order valence-electron chi connectivity index (χ0n) is 15.5. The van der Waals surface area contributed by atoms with Crippen molar-refractivity contribution < 1.29 is 22.9 Å². The van der Waals surface area contributed by atoms with Crippen LogP contribution in [0, 0.1) is 10.1 Å². The molecule has 1 saturated heterocycles. The van der Waals surface area contributed by atoms with E-state index in [9.17, 15) is 23.3 Å². The molecule has 1 amide bonds. The van der Waals surface area contributed by atoms with Crippen molar-refractivity contribution in [2.45, 2.75) is 17.7 Å². The van der Waals surface area contributed by atoms with Gasteiger partial charge in [0.05, 0.1) is 9.82 Å². The van der Waals surface area contributed by atoms with E-state index in [-0.39, 0.29) is 10.6 Å². The highest BCUT2D eigenvalue weighted by molar-refractivity contribution is 7.89. The van der Waals surface area contributed by atoms with E-state index < -0.39 is 33.1 Å². The first-order valence-corrected chi connectivity index (χ1v) is 11.0. The number of rotatable bonds is 7. The zero-order valence-corrected chi connectivity index (χ0v) is 17.8. The number of carbonyl (C=O) groups is 1. The van der Waals surface area contributed by atoms with Crippen molar-refractivity contribution in [3.8, 4) is 5.75 Å². The molecule has 2 aromatic carbocycles. The van der Waals surface area contributed by atoms with Crippen LogP contribution >= 0.6 is 23.2 Å². The Morgan fingerprint density at radius 2 is 1.77 bits per heavy atom. The normalized spacial score (nSPS) is 14.5. The summed E-state index contributed by atoms with van der Waals surface area (Å²) in [6.45, 7) is 0.216. The Balaban J connectivity index is 1.74. The number of nitrogens with one attached hydrogen (secondary N) is 1. The lowest BCUT2D eigenvalue weighted by atomic mass is 10.3. The van der Waals surface area contributed by atoms with Gasteiger partial charge >= 0.3 is 5.69 Å². The topological polar surface area (TPSA) is 119 Å². The third-order valence-corrected chi connectivity index (χ3v) is 6.67. The number of nitrogens with zero attached hydrogens (tertiary/aromatic N) is 2. The maximum atomic E-state index is 12.6. The van der Waals surface area contributed by atoms with Crippen molar-refractivity contribution in [3.05, 3.63) is 56.6 Å². The average molecular weight is 474 g/mol. The number of ether oxygens (including phenoxy) is 1. The lowest BCUT2D eigenvalue weighted by Crippen LogP contribution is -2.28. The summed E-state index contributed by atoms with van der Waals surface area (Å²) in [5.74, 6) is -0.823. The molecule has 9 nitrogen and oxygen atoms in total. The van der Waals surface area contributed by atoms with Crippen molar-refractivity contribution >= 4 is 50.5 Å². The summed E-state index contributed by atoms with van der Waals surface area (Å²) < 4.78 is 31.8. The summed E-state index contributed by atoms with van der Waals surface area (Å²) in [4.78, 5) is 22.6. The predicted molar refractivity (Wildman–Crippen MR) is 112 cm³/mol. The predicted octanol–water partition coefficient (Wildman–Crippen LogP) is 3.70. The highest BCUT2D eigenvalue weighted by Gasteiger charge is 2.30. The molecule has 0 atom stereocenters. The summed E-state index contributed by atoms with van der Waals surface area (Å²) in [6.07, 6.45) is 1.49. The molecule has 1 fully saturated rings. The van der Waals surface area contributed by atoms with Gasteiger partial charge < -0.3 is 10.1 Å². The van der Waals surface area contributed by atoms with Crippen LogP contribution in [-0.2, 0) is 14.8 Å². The van der Waals surface area contributed by atoms with E-state index in [4.69, 9.17) is 27.9 Å². The van der Waals surface area contributed by atoms with Crippen molar-refractivity contribution in [1.29, 1.82) is 0 Å². The van der Waals surface area contributed by atoms with Crippen LogP contribution in [0.1, 0.15) is 12.8 Å². The number of benzene rings is 2. The zero-order chi connectivity index (χ0) is 21.9. The summed E-state index contributed by atoms with van der Waals surface area (Å²) >= 11 is 11.7. The van der Waals surface area contributed by atoms with E-state index in [0.717, 1.165) is 18.9 Å². The molecule has 1 aliphatic rings. The number of amides is 1. The molecule has 0 saturated carbocycles. The Hall–Kier alpha value is -2.40. The molecule has 160 valence electrons. The molecule has 0 radical (unpaired) electrons. The second kappa shape index (κ2) is 9.17. The van der Waals surface area contributed by atoms with Gasteiger partial charge in [0.2, 0.25) is 10.0 Å². The fraction of sp³-hybridized carbons (Fsp3) is 0.278. The van der Waals surface area contributed by atoms with E-state index in [2.05, 4.69) is 5.32 Å². The number of anilines is 1. The van der Waals surface area contributed by atoms with E-state index in [1.165, 1.54) is 34.6 Å². The molecule has 30 heavy (non-hydrogen) atoms. The van der Waals surface area contributed by atoms with Gasteiger partial charge in [-0.05, 0) is 43.2 Å². The molecule has 0 aliphatic carbocycles. The van der Waals surface area contributed by atoms with Crippen LogP contribution in [0.5, 0.6) is 5.75 Å². The van der Waals surface area contributed by atoms with Gasteiger partial charge in [-0.3, -0.25) is 14.9 Å². The third-order valence-electron chi connectivity index (χ3n) is 4.33. The Bertz CT molecular complexity index is 1070. The van der Waals surface area contributed by atoms with Crippen LogP contribution < -0.4 is 10.1 Å². The Kier molecular flexibility index (Phi) is 6.81. The summed E-state index contributed by atoms with van der Waals surface area (Å²) in [5.41, 5.74) is -0.212. The number of hydrogen-bond acceptors (Lipinski definition) is 6. The van der Waals surface area contributed by atoms with Crippen molar-refractivity contribution in [1.82, 2.24) is 4.31 Å². The van der Waals surface area contributed by atoms with Gasteiger partial charge in [0.25, 0.3) is 5.91 Å². The second-order valence-corrected chi connectivity index (χ2v) is 9.30. The molecule has 0 spiro atoms. The number of sulfonamides is 1. The number of halogens is 2. The molecule has 1 heterocycles. The van der Waals surface area contributed by atoms with Gasteiger partial charge in [-0.15, -0.1) is 0 Å². The standard InChI is InChI=1S/C18H17Cl2N3O6S/c19-12-7-13(20)9-14(8-12)21-18(24)11-29-17-4-3-15(10-16(17)23(25)26)30(27,28)22-5-1-2-6-22/h3-4,7-10H,1-2,5-6,11H2,(H,21,24). The van der Waals surface area contributed by atoms with Gasteiger partial charge in [0.1, 0.15) is 0 Å². The summed E-state index contributed by atoms with van der Waals surface area (Å²) in [6, 6.07) is 7.79. The van der Waals surface area contributed by atoms with Gasteiger partial charge in [0, 0.05) is 34.9 Å². The van der Waals surface area contributed by atoms with E-state index >= 15 is 0 Å². The van der Waals surface area contributed by atoms with Gasteiger partial charge in [-0.2, -0.15) is 4.31 Å². The molecular weight excluding hydrogens is 457 g/mol. The number of carbonyl (C=O) groups excluding carboxylic acids is 1. The molecule has 0 unspecified atom stereocenters. The molecule has 1 aliphatic heterocycles. The summed E-state index contributed by atoms with van der Waals surface area (Å²) in [5, 5.41) is 14.6. The number of nitro groups is 1. The number of nitro benzene ring substituents is 1. The van der Waals surface area contributed by atoms with E-state index in [1.807, 2.05) is 0 Å². The fourth-order valence-corrected chi connectivity index (χ4v) is 5.03. The molecule has 2 aromatic rings. The average Bonchev–Trinajstić information content (AvgIpc) is 3.21. The fourth-order valence-electron chi connectivity index (χ4n) is 2.97. The van der Waals surface area contributed by atoms with Crippen LogP contribution in [-0.4, -0.2) is 43.2 Å². The largest absolute Gasteiger partial charge is 0.477 e. The maximum Gasteiger partial charge on any atom is 0.312 e. The smallest absolute Gasteiger partial charge is 0.312 e. The van der Waals surface area contributed by atoms with Crippen LogP contribution in [0.4, 0.5) is 11.4 Å². The monoisotopic (exact) mass is 473 g/mol. The summed E-state index contributed by atoms with van der Waals surface area (Å²) in [7, 11) is -3.82. The minimum atomic E-state index is -3.82. The highest BCUT2D eigenvalue weighted by atomic mass is 35.5. The van der Waals surface area contributed by atoms with Crippen molar-refractivity contribution in [3.63, 3.8) is 0 Å². The molecule has 12 heteroatoms. The molecule has 0 aromatic heterocycles. The first kappa shape index (κ1) is 22.3. The lowest BCUT2D eigenvalue weighted by Gasteiger charge is -2.16. The quantitative estimate of drug-likeness (QED) is 0.483. The molecular formula is C18H17Cl2N3O6S. The first-order valence-electron chi connectivity index (χ1n) is 8.84. The first-order chi connectivity index (χ1) is 14.2. The van der Waals surface area contributed by atoms with Gasteiger partial charge in [-0.1, -0.05) is 23.2 Å². The Morgan fingerprint density at radius 1 is 1.13 bits per heavy atom. The maximum absolute atomic E-state index is 12.6. The van der Waals surface area contributed by atoms with Crippen molar-refractivity contribution in [2.75, 3.05) is 25.0 Å². The third kappa shape index (κ3) is 5.20. The van der Waals surface area contributed by atoms with E-state index in [0.29, 0.717) is 28.8 Å². The van der Waals surface area contributed by atoms with Gasteiger partial charge in [-0.25, -0.2) is 8.42 Å². The Morgan fingerprint density at radius 3 is 2.37 bits per heavy atom. The van der Waals surface area contributed by atoms with Crippen LogP contribution in [0.3, 0.4) is 0 Å². The van der Waals surface area contributed by atoms with Gasteiger partial charge in [0.15, 0.2) is 12.4 Å².